The minimum absolute atomic E-state index is 0.0571. The van der Waals surface area contributed by atoms with E-state index in [-0.39, 0.29) is 12.6 Å². The van der Waals surface area contributed by atoms with E-state index in [1.54, 1.807) is 6.92 Å². The lowest BCUT2D eigenvalue weighted by molar-refractivity contribution is -0.164. The van der Waals surface area contributed by atoms with Crippen LogP contribution in [0.2, 0.25) is 0 Å². The maximum Gasteiger partial charge on any atom is 0.406 e. The molecule has 1 rings (SSSR count). The summed E-state index contributed by atoms with van der Waals surface area (Å²) in [7, 11) is 0. The molecule has 7 heteroatoms. The zero-order valence-corrected chi connectivity index (χ0v) is 11.1. The van der Waals surface area contributed by atoms with Crippen LogP contribution >= 0.6 is 15.9 Å². The topological polar surface area (TPSA) is 29.5 Å². The first-order valence-electron chi connectivity index (χ1n) is 5.38. The van der Waals surface area contributed by atoms with Crippen LogP contribution in [-0.4, -0.2) is 48.1 Å². The normalized spacial score (nSPS) is 25.0. The Morgan fingerprint density at radius 1 is 1.53 bits per heavy atom. The summed E-state index contributed by atoms with van der Waals surface area (Å²) in [4.78, 5) is 12.8. The van der Waals surface area contributed by atoms with Gasteiger partial charge in [-0.3, -0.25) is 4.79 Å². The molecule has 2 atom stereocenters. The van der Waals surface area contributed by atoms with Crippen LogP contribution < -0.4 is 0 Å². The Morgan fingerprint density at radius 2 is 2.18 bits per heavy atom. The van der Waals surface area contributed by atoms with Gasteiger partial charge in [-0.1, -0.05) is 15.9 Å². The Bertz CT molecular complexity index is 273. The molecule has 0 saturated carbocycles. The first-order chi connectivity index (χ1) is 7.85. The van der Waals surface area contributed by atoms with Crippen LogP contribution in [0.1, 0.15) is 13.3 Å². The Kier molecular flexibility index (Phi) is 5.24. The summed E-state index contributed by atoms with van der Waals surface area (Å²) in [6, 6.07) is 0. The van der Waals surface area contributed by atoms with Gasteiger partial charge in [-0.25, -0.2) is 0 Å². The van der Waals surface area contributed by atoms with Gasteiger partial charge < -0.3 is 9.64 Å². The molecular formula is C10H15BrF3NO2. The quantitative estimate of drug-likeness (QED) is 0.744. The number of ether oxygens (including phenoxy) is 1. The lowest BCUT2D eigenvalue weighted by atomic mass is 10.0. The van der Waals surface area contributed by atoms with E-state index in [9.17, 15) is 18.0 Å². The standard InChI is InChI=1S/C10H15BrF3NO2/c1-7-8(2-5-17-7)9(16)15(4-3-11)6-10(12,13)14/h7-8H,2-6H2,1H3. The van der Waals surface area contributed by atoms with Crippen molar-refractivity contribution in [2.24, 2.45) is 5.92 Å². The minimum Gasteiger partial charge on any atom is -0.378 e. The fraction of sp³-hybridized carbons (Fsp3) is 0.900. The van der Waals surface area contributed by atoms with Crippen molar-refractivity contribution in [1.82, 2.24) is 4.90 Å². The van der Waals surface area contributed by atoms with Crippen molar-refractivity contribution in [3.05, 3.63) is 0 Å². The molecule has 1 heterocycles. The fourth-order valence-electron chi connectivity index (χ4n) is 1.88. The zero-order valence-electron chi connectivity index (χ0n) is 9.47. The van der Waals surface area contributed by atoms with E-state index in [0.717, 1.165) is 4.90 Å². The van der Waals surface area contributed by atoms with Crippen LogP contribution in [0.5, 0.6) is 0 Å². The average Bonchev–Trinajstić information content (AvgIpc) is 2.61. The maximum atomic E-state index is 12.3. The summed E-state index contributed by atoms with van der Waals surface area (Å²) in [5.74, 6) is -0.914. The van der Waals surface area contributed by atoms with Crippen molar-refractivity contribution in [3.63, 3.8) is 0 Å². The predicted molar refractivity (Wildman–Crippen MR) is 60.0 cm³/mol. The zero-order chi connectivity index (χ0) is 13.1. The van der Waals surface area contributed by atoms with Crippen molar-refractivity contribution >= 4 is 21.8 Å². The molecule has 0 spiro atoms. The third kappa shape index (κ3) is 4.46. The summed E-state index contributed by atoms with van der Waals surface area (Å²) >= 11 is 3.06. The third-order valence-corrected chi connectivity index (χ3v) is 3.08. The third-order valence-electron chi connectivity index (χ3n) is 2.73. The molecule has 1 saturated heterocycles. The Morgan fingerprint density at radius 3 is 2.59 bits per heavy atom. The molecule has 2 unspecified atom stereocenters. The molecule has 1 amide bonds. The molecule has 17 heavy (non-hydrogen) atoms. The Labute approximate surface area is 106 Å². The summed E-state index contributed by atoms with van der Waals surface area (Å²) < 4.78 is 42.2. The minimum atomic E-state index is -4.36. The first-order valence-corrected chi connectivity index (χ1v) is 6.50. The number of alkyl halides is 4. The molecule has 0 bridgehead atoms. The molecule has 1 fully saturated rings. The smallest absolute Gasteiger partial charge is 0.378 e. The molecule has 0 aromatic heterocycles. The molecular weight excluding hydrogens is 303 g/mol. The second-order valence-corrected chi connectivity index (χ2v) is 4.83. The number of amides is 1. The number of nitrogens with zero attached hydrogens (tertiary/aromatic N) is 1. The van der Waals surface area contributed by atoms with Gasteiger partial charge in [0.25, 0.3) is 0 Å². The van der Waals surface area contributed by atoms with E-state index in [4.69, 9.17) is 4.74 Å². The van der Waals surface area contributed by atoms with Crippen LogP contribution in [0.4, 0.5) is 13.2 Å². The van der Waals surface area contributed by atoms with Gasteiger partial charge in [-0.2, -0.15) is 13.2 Å². The second kappa shape index (κ2) is 6.04. The summed E-state index contributed by atoms with van der Waals surface area (Å²) in [5.41, 5.74) is 0. The molecule has 0 aromatic carbocycles. The predicted octanol–water partition coefficient (Wildman–Crippen LogP) is 2.20. The van der Waals surface area contributed by atoms with E-state index in [0.29, 0.717) is 18.4 Å². The molecule has 0 radical (unpaired) electrons. The number of halogens is 4. The van der Waals surface area contributed by atoms with Crippen molar-refractivity contribution in [2.75, 3.05) is 25.0 Å². The van der Waals surface area contributed by atoms with E-state index >= 15 is 0 Å². The number of rotatable bonds is 4. The summed E-state index contributed by atoms with van der Waals surface area (Å²) in [5, 5.41) is 0.330. The lowest BCUT2D eigenvalue weighted by Gasteiger charge is -2.27. The van der Waals surface area contributed by atoms with E-state index in [2.05, 4.69) is 15.9 Å². The monoisotopic (exact) mass is 317 g/mol. The highest BCUT2D eigenvalue weighted by Gasteiger charge is 2.38. The van der Waals surface area contributed by atoms with Gasteiger partial charge in [0.15, 0.2) is 0 Å². The van der Waals surface area contributed by atoms with Crippen LogP contribution in [0.25, 0.3) is 0 Å². The van der Waals surface area contributed by atoms with Gasteiger partial charge >= 0.3 is 6.18 Å². The Hall–Kier alpha value is -0.300. The number of carbonyl (C=O) groups is 1. The molecule has 0 aromatic rings. The highest BCUT2D eigenvalue weighted by atomic mass is 79.9. The van der Waals surface area contributed by atoms with Gasteiger partial charge in [0.05, 0.1) is 12.0 Å². The maximum absolute atomic E-state index is 12.3. The number of hydrogen-bond donors (Lipinski definition) is 0. The highest BCUT2D eigenvalue weighted by Crippen LogP contribution is 2.25. The second-order valence-electron chi connectivity index (χ2n) is 4.04. The van der Waals surface area contributed by atoms with Gasteiger partial charge in [0, 0.05) is 18.5 Å². The largest absolute Gasteiger partial charge is 0.406 e. The van der Waals surface area contributed by atoms with Crippen molar-refractivity contribution in [2.45, 2.75) is 25.6 Å². The summed E-state index contributed by atoms with van der Waals surface area (Å²) in [6.45, 7) is 1.02. The molecule has 0 aliphatic carbocycles. The molecule has 0 N–H and O–H groups in total. The van der Waals surface area contributed by atoms with E-state index in [1.165, 1.54) is 0 Å². The van der Waals surface area contributed by atoms with Gasteiger partial charge in [0.2, 0.25) is 5.91 Å². The highest BCUT2D eigenvalue weighted by molar-refractivity contribution is 9.09. The van der Waals surface area contributed by atoms with Crippen LogP contribution in [0.15, 0.2) is 0 Å². The molecule has 1 aliphatic rings. The van der Waals surface area contributed by atoms with Gasteiger partial charge in [-0.05, 0) is 13.3 Å². The van der Waals surface area contributed by atoms with Gasteiger partial charge in [-0.15, -0.1) is 0 Å². The van der Waals surface area contributed by atoms with Crippen LogP contribution in [-0.2, 0) is 9.53 Å². The molecule has 3 nitrogen and oxygen atoms in total. The SMILES string of the molecule is CC1OCCC1C(=O)N(CCBr)CC(F)(F)F. The number of hydrogen-bond acceptors (Lipinski definition) is 2. The fourth-order valence-corrected chi connectivity index (χ4v) is 2.30. The summed E-state index contributed by atoms with van der Waals surface area (Å²) in [6.07, 6.45) is -4.16. The van der Waals surface area contributed by atoms with Gasteiger partial charge in [0.1, 0.15) is 6.54 Å². The van der Waals surface area contributed by atoms with Crippen LogP contribution in [0.3, 0.4) is 0 Å². The van der Waals surface area contributed by atoms with Crippen LogP contribution in [0, 0.1) is 5.92 Å². The molecule has 1 aliphatic heterocycles. The van der Waals surface area contributed by atoms with E-state index < -0.39 is 24.5 Å². The van der Waals surface area contributed by atoms with E-state index in [1.807, 2.05) is 0 Å². The Balaban J connectivity index is 2.66. The van der Waals surface area contributed by atoms with Crippen molar-refractivity contribution in [3.8, 4) is 0 Å². The first kappa shape index (κ1) is 14.8. The molecule has 100 valence electrons. The lowest BCUT2D eigenvalue weighted by Crippen LogP contribution is -2.44. The van der Waals surface area contributed by atoms with Crippen molar-refractivity contribution < 1.29 is 22.7 Å². The van der Waals surface area contributed by atoms with Crippen molar-refractivity contribution in [1.29, 1.82) is 0 Å². The average molecular weight is 318 g/mol. The number of carbonyl (C=O) groups excluding carboxylic acids is 1.